The number of amides is 1. The van der Waals surface area contributed by atoms with Crippen molar-refractivity contribution in [3.63, 3.8) is 0 Å². The van der Waals surface area contributed by atoms with Crippen LogP contribution in [0.3, 0.4) is 0 Å². The molecule has 0 radical (unpaired) electrons. The molecule has 0 N–H and O–H groups in total. The molecule has 0 fully saturated rings. The average molecular weight is 197 g/mol. The Balaban J connectivity index is 0.00000112. The van der Waals surface area contributed by atoms with Crippen LogP contribution in [0.4, 0.5) is 10.5 Å². The Bertz CT molecular complexity index is 367. The minimum Gasteiger partial charge on any atom is -0.530 e. The molecule has 3 nitrogen and oxygen atoms in total. The number of hydrogen-bond acceptors (Lipinski definition) is 2. The molecule has 0 spiro atoms. The zero-order chi connectivity index (χ0) is 10.1. The van der Waals surface area contributed by atoms with Crippen LogP contribution in [0.2, 0.25) is 0 Å². The fraction of sp³-hybridized carbons (Fsp3) is 0.364. The van der Waals surface area contributed by atoms with E-state index in [0.29, 0.717) is 0 Å². The molecule has 0 saturated heterocycles. The quantitative estimate of drug-likeness (QED) is 0.459. The normalized spacial score (nSPS) is 19.0. The third-order valence-electron chi connectivity index (χ3n) is 2.72. The number of anilines is 1. The van der Waals surface area contributed by atoms with Gasteiger partial charge in [0.1, 0.15) is 6.09 Å². The Morgan fingerprint density at radius 3 is 2.80 bits per heavy atom. The fourth-order valence-electron chi connectivity index (χ4n) is 1.97. The van der Waals surface area contributed by atoms with Crippen molar-refractivity contribution in [1.29, 1.82) is 0 Å². The molecule has 0 saturated carbocycles. The van der Waals surface area contributed by atoms with Crippen LogP contribution in [0.1, 0.15) is 18.9 Å². The summed E-state index contributed by atoms with van der Waals surface area (Å²) in [5.74, 6) is 0. The second-order valence-electron chi connectivity index (χ2n) is 3.65. The van der Waals surface area contributed by atoms with Gasteiger partial charge in [-0.15, -0.1) is 0 Å². The molecule has 1 unspecified atom stereocenters. The van der Waals surface area contributed by atoms with Crippen LogP contribution in [0.15, 0.2) is 24.3 Å². The number of fused-ring (bicyclic) bond motifs is 1. The maximum absolute atomic E-state index is 10.9. The second-order valence-corrected chi connectivity index (χ2v) is 3.65. The summed E-state index contributed by atoms with van der Waals surface area (Å²) >= 11 is 0. The van der Waals surface area contributed by atoms with Crippen LogP contribution in [0.25, 0.3) is 0 Å². The van der Waals surface area contributed by atoms with Gasteiger partial charge in [0.25, 0.3) is 0 Å². The smallest absolute Gasteiger partial charge is 0.530 e. The molecule has 74 valence electrons. The number of carboxylic acid groups (broad SMARTS) is 1. The van der Waals surface area contributed by atoms with Crippen molar-refractivity contribution in [2.75, 3.05) is 4.90 Å². The van der Waals surface area contributed by atoms with Crippen LogP contribution >= 0.6 is 0 Å². The topological polar surface area (TPSA) is 43.4 Å². The molecule has 1 heterocycles. The van der Waals surface area contributed by atoms with E-state index in [4.69, 9.17) is 0 Å². The number of carbonyl (C=O) groups is 1. The number of aryl methyl sites for hydroxylation is 1. The first kappa shape index (κ1) is 12.2. The summed E-state index contributed by atoms with van der Waals surface area (Å²) in [6.07, 6.45) is 0.705. The number of nitrogens with zero attached hydrogens (tertiary/aromatic N) is 1. The fourth-order valence-corrected chi connectivity index (χ4v) is 1.97. The van der Waals surface area contributed by atoms with Gasteiger partial charge in [-0.3, -0.25) is 0 Å². The van der Waals surface area contributed by atoms with E-state index >= 15 is 0 Å². The standard InChI is InChI=1S/C11H13NO2.Li/c1-8-6-7-9-4-2-3-5-10(9)12(8)11(13)14;/h2-5,8H,6-7H2,1H3,(H,13,14);/q;+1/p-1. The van der Waals surface area contributed by atoms with Crippen LogP contribution in [0, 0.1) is 0 Å². The molecular formula is C11H12LiNO2. The summed E-state index contributed by atoms with van der Waals surface area (Å²) in [6.45, 7) is 1.91. The SMILES string of the molecule is CC1CCc2ccccc2N1C(=O)[O-].[Li+]. The van der Waals surface area contributed by atoms with Crippen molar-refractivity contribution < 1.29 is 28.8 Å². The van der Waals surface area contributed by atoms with Gasteiger partial charge in [0.2, 0.25) is 0 Å². The number of hydrogen-bond donors (Lipinski definition) is 0. The maximum atomic E-state index is 10.9. The Morgan fingerprint density at radius 2 is 2.13 bits per heavy atom. The third-order valence-corrected chi connectivity index (χ3v) is 2.72. The number of carbonyl (C=O) groups excluding carboxylic acids is 1. The summed E-state index contributed by atoms with van der Waals surface area (Å²) in [5, 5.41) is 10.9. The summed E-state index contributed by atoms with van der Waals surface area (Å²) in [6, 6.07) is 7.61. The van der Waals surface area contributed by atoms with Crippen molar-refractivity contribution in [3.05, 3.63) is 29.8 Å². The van der Waals surface area contributed by atoms with Gasteiger partial charge in [-0.25, -0.2) is 0 Å². The first-order valence-corrected chi connectivity index (χ1v) is 4.78. The second kappa shape index (κ2) is 4.74. The van der Waals surface area contributed by atoms with Crippen molar-refractivity contribution in [2.24, 2.45) is 0 Å². The first-order chi connectivity index (χ1) is 6.70. The molecule has 2 rings (SSSR count). The van der Waals surface area contributed by atoms with Crippen molar-refractivity contribution in [3.8, 4) is 0 Å². The largest absolute Gasteiger partial charge is 1.00 e. The molecule has 4 heteroatoms. The zero-order valence-electron chi connectivity index (χ0n) is 9.06. The molecule has 1 aromatic rings. The van der Waals surface area contributed by atoms with Gasteiger partial charge in [-0.1, -0.05) is 18.2 Å². The Morgan fingerprint density at radius 1 is 1.47 bits per heavy atom. The van der Waals surface area contributed by atoms with Crippen molar-refractivity contribution in [2.45, 2.75) is 25.8 Å². The zero-order valence-corrected chi connectivity index (χ0v) is 9.06. The van der Waals surface area contributed by atoms with Crippen LogP contribution in [-0.4, -0.2) is 12.1 Å². The minimum atomic E-state index is -1.11. The molecule has 0 aromatic heterocycles. The molecule has 0 aliphatic carbocycles. The van der Waals surface area contributed by atoms with Crippen molar-refractivity contribution in [1.82, 2.24) is 0 Å². The van der Waals surface area contributed by atoms with Gasteiger partial charge < -0.3 is 14.8 Å². The molecule has 1 aliphatic heterocycles. The van der Waals surface area contributed by atoms with E-state index in [2.05, 4.69) is 0 Å². The van der Waals surface area contributed by atoms with Gasteiger partial charge in [-0.2, -0.15) is 0 Å². The Hall–Kier alpha value is -0.913. The predicted molar refractivity (Wildman–Crippen MR) is 52.1 cm³/mol. The third kappa shape index (κ3) is 2.19. The van der Waals surface area contributed by atoms with Gasteiger partial charge in [0.15, 0.2) is 0 Å². The molecule has 0 bridgehead atoms. The van der Waals surface area contributed by atoms with Gasteiger partial charge >= 0.3 is 18.9 Å². The number of benzene rings is 1. The predicted octanol–water partition coefficient (Wildman–Crippen LogP) is -1.82. The van der Waals surface area contributed by atoms with E-state index in [1.54, 1.807) is 0 Å². The van der Waals surface area contributed by atoms with Crippen LogP contribution in [0.5, 0.6) is 0 Å². The van der Waals surface area contributed by atoms with E-state index in [-0.39, 0.29) is 24.9 Å². The summed E-state index contributed by atoms with van der Waals surface area (Å²) in [7, 11) is 0. The Labute approximate surface area is 101 Å². The van der Waals surface area contributed by atoms with E-state index in [0.717, 1.165) is 24.1 Å². The van der Waals surface area contributed by atoms with Gasteiger partial charge in [0.05, 0.1) is 0 Å². The molecule has 1 atom stereocenters. The van der Waals surface area contributed by atoms with Gasteiger partial charge in [0, 0.05) is 11.7 Å². The van der Waals surface area contributed by atoms with E-state index in [1.807, 2.05) is 31.2 Å². The summed E-state index contributed by atoms with van der Waals surface area (Å²) < 4.78 is 0. The summed E-state index contributed by atoms with van der Waals surface area (Å²) in [4.78, 5) is 12.3. The van der Waals surface area contributed by atoms with E-state index in [1.165, 1.54) is 4.90 Å². The van der Waals surface area contributed by atoms with E-state index in [9.17, 15) is 9.90 Å². The molecule has 1 aliphatic rings. The first-order valence-electron chi connectivity index (χ1n) is 4.78. The van der Waals surface area contributed by atoms with E-state index < -0.39 is 6.09 Å². The summed E-state index contributed by atoms with van der Waals surface area (Å²) in [5.41, 5.74) is 1.88. The van der Waals surface area contributed by atoms with Gasteiger partial charge in [-0.05, 0) is 31.4 Å². The maximum Gasteiger partial charge on any atom is 1.00 e. The van der Waals surface area contributed by atoms with Crippen LogP contribution < -0.4 is 28.9 Å². The monoisotopic (exact) mass is 197 g/mol. The average Bonchev–Trinajstić information content (AvgIpc) is 2.17. The minimum absolute atomic E-state index is 0. The number of para-hydroxylation sites is 1. The van der Waals surface area contributed by atoms with Crippen LogP contribution in [-0.2, 0) is 6.42 Å². The molecular weight excluding hydrogens is 185 g/mol. The molecule has 1 amide bonds. The Kier molecular flexibility index (Phi) is 3.84. The molecule has 1 aromatic carbocycles. The molecule has 15 heavy (non-hydrogen) atoms. The van der Waals surface area contributed by atoms with Crippen molar-refractivity contribution >= 4 is 11.8 Å². The number of rotatable bonds is 0.